The van der Waals surface area contributed by atoms with Crippen molar-refractivity contribution in [2.45, 2.75) is 19.9 Å². The quantitative estimate of drug-likeness (QED) is 0.651. The maximum Gasteiger partial charge on any atom is 0.188 e. The summed E-state index contributed by atoms with van der Waals surface area (Å²) >= 11 is 5.94. The topological polar surface area (TPSA) is 50.4 Å². The highest BCUT2D eigenvalue weighted by Crippen LogP contribution is 2.25. The third-order valence-corrected chi connectivity index (χ3v) is 3.40. The fourth-order valence-electron chi connectivity index (χ4n) is 2.05. The van der Waals surface area contributed by atoms with E-state index in [1.807, 2.05) is 36.4 Å². The van der Waals surface area contributed by atoms with Gasteiger partial charge < -0.3 is 11.1 Å². The lowest BCUT2D eigenvalue weighted by molar-refractivity contribution is 0.825. The Labute approximate surface area is 130 Å². The number of nitrogens with two attached hydrogens (primary N) is 1. The van der Waals surface area contributed by atoms with Gasteiger partial charge in [-0.3, -0.25) is 0 Å². The molecule has 0 atom stereocenters. The minimum atomic E-state index is 0.489. The molecule has 0 aliphatic heterocycles. The Kier molecular flexibility index (Phi) is 5.64. The molecule has 0 spiro atoms. The first kappa shape index (κ1) is 15.4. The molecule has 0 bridgehead atoms. The molecule has 110 valence electrons. The predicted molar refractivity (Wildman–Crippen MR) is 90.5 cm³/mol. The van der Waals surface area contributed by atoms with Crippen molar-refractivity contribution in [1.82, 2.24) is 5.32 Å². The second-order valence-corrected chi connectivity index (χ2v) is 5.23. The highest BCUT2D eigenvalue weighted by Gasteiger charge is 2.04. The first-order valence-electron chi connectivity index (χ1n) is 7.08. The van der Waals surface area contributed by atoms with Crippen LogP contribution in [0, 0.1) is 0 Å². The van der Waals surface area contributed by atoms with Gasteiger partial charge in [0.25, 0.3) is 0 Å². The lowest BCUT2D eigenvalue weighted by Crippen LogP contribution is -2.32. The third kappa shape index (κ3) is 4.50. The summed E-state index contributed by atoms with van der Waals surface area (Å²) in [5.74, 6) is 0.489. The van der Waals surface area contributed by atoms with Crippen LogP contribution in [-0.4, -0.2) is 12.5 Å². The molecule has 2 aromatic carbocycles. The molecule has 0 saturated heterocycles. The van der Waals surface area contributed by atoms with E-state index >= 15 is 0 Å². The molecule has 0 aliphatic carbocycles. The largest absolute Gasteiger partial charge is 0.370 e. The highest BCUT2D eigenvalue weighted by molar-refractivity contribution is 6.30. The maximum atomic E-state index is 5.94. The molecule has 3 N–H and O–H groups in total. The molecule has 0 heterocycles. The van der Waals surface area contributed by atoms with Crippen LogP contribution in [0.5, 0.6) is 0 Å². The highest BCUT2D eigenvalue weighted by atomic mass is 35.5. The first-order valence-corrected chi connectivity index (χ1v) is 7.46. The Morgan fingerprint density at radius 1 is 1.14 bits per heavy atom. The number of aliphatic imine (C=N–C) groups is 1. The maximum absolute atomic E-state index is 5.94. The van der Waals surface area contributed by atoms with Crippen LogP contribution in [0.25, 0.3) is 11.1 Å². The van der Waals surface area contributed by atoms with E-state index in [-0.39, 0.29) is 0 Å². The van der Waals surface area contributed by atoms with Gasteiger partial charge in [-0.2, -0.15) is 0 Å². The minimum Gasteiger partial charge on any atom is -0.370 e. The van der Waals surface area contributed by atoms with E-state index < -0.39 is 0 Å². The zero-order valence-corrected chi connectivity index (χ0v) is 12.9. The van der Waals surface area contributed by atoms with Gasteiger partial charge >= 0.3 is 0 Å². The van der Waals surface area contributed by atoms with Crippen LogP contribution in [0.15, 0.2) is 53.5 Å². The summed E-state index contributed by atoms with van der Waals surface area (Å²) in [6.07, 6.45) is 1.03. The van der Waals surface area contributed by atoms with E-state index in [0.717, 1.165) is 34.7 Å². The molecule has 3 nitrogen and oxygen atoms in total. The van der Waals surface area contributed by atoms with Crippen molar-refractivity contribution in [3.05, 3.63) is 59.1 Å². The molecular weight excluding hydrogens is 282 g/mol. The summed E-state index contributed by atoms with van der Waals surface area (Å²) in [5, 5.41) is 3.82. The molecule has 21 heavy (non-hydrogen) atoms. The van der Waals surface area contributed by atoms with Crippen molar-refractivity contribution in [2.24, 2.45) is 10.7 Å². The molecule has 0 aromatic heterocycles. The lowest BCUT2D eigenvalue weighted by Gasteiger charge is -2.09. The van der Waals surface area contributed by atoms with Gasteiger partial charge in [-0.1, -0.05) is 54.9 Å². The van der Waals surface area contributed by atoms with Crippen LogP contribution in [0.2, 0.25) is 5.02 Å². The van der Waals surface area contributed by atoms with Crippen LogP contribution in [0.1, 0.15) is 18.9 Å². The summed E-state index contributed by atoms with van der Waals surface area (Å²) in [4.78, 5) is 4.39. The Bertz CT molecular complexity index is 606. The van der Waals surface area contributed by atoms with E-state index in [9.17, 15) is 0 Å². The number of nitrogens with zero attached hydrogens (tertiary/aromatic N) is 1. The van der Waals surface area contributed by atoms with Crippen LogP contribution in [0.3, 0.4) is 0 Å². The summed E-state index contributed by atoms with van der Waals surface area (Å²) in [6, 6.07) is 16.0. The number of hydrogen-bond acceptors (Lipinski definition) is 1. The summed E-state index contributed by atoms with van der Waals surface area (Å²) in [7, 11) is 0. The second kappa shape index (κ2) is 7.70. The van der Waals surface area contributed by atoms with Crippen molar-refractivity contribution < 1.29 is 0 Å². The van der Waals surface area contributed by atoms with Gasteiger partial charge in [-0.25, -0.2) is 4.99 Å². The van der Waals surface area contributed by atoms with Gasteiger partial charge in [0.05, 0.1) is 6.54 Å². The van der Waals surface area contributed by atoms with Gasteiger partial charge in [-0.15, -0.1) is 0 Å². The van der Waals surface area contributed by atoms with E-state index in [4.69, 9.17) is 17.3 Å². The number of guanidine groups is 1. The first-order chi connectivity index (χ1) is 10.2. The Morgan fingerprint density at radius 3 is 2.57 bits per heavy atom. The predicted octanol–water partition coefficient (Wildman–Crippen LogP) is 3.82. The average Bonchev–Trinajstić information content (AvgIpc) is 2.52. The number of nitrogens with one attached hydrogen (secondary N) is 1. The number of rotatable bonds is 5. The molecule has 0 aliphatic rings. The van der Waals surface area contributed by atoms with E-state index in [2.05, 4.69) is 29.4 Å². The fraction of sp³-hybridized carbons (Fsp3) is 0.235. The van der Waals surface area contributed by atoms with Crippen molar-refractivity contribution in [1.29, 1.82) is 0 Å². The van der Waals surface area contributed by atoms with Crippen LogP contribution in [0.4, 0.5) is 0 Å². The summed E-state index contributed by atoms with van der Waals surface area (Å²) in [5.41, 5.74) is 9.26. The molecule has 0 unspecified atom stereocenters. The van der Waals surface area contributed by atoms with Crippen molar-refractivity contribution >= 4 is 17.6 Å². The minimum absolute atomic E-state index is 0.489. The van der Waals surface area contributed by atoms with E-state index in [1.165, 1.54) is 0 Å². The number of halogens is 1. The number of hydrogen-bond donors (Lipinski definition) is 2. The fourth-order valence-corrected chi connectivity index (χ4v) is 2.17. The molecule has 0 saturated carbocycles. The van der Waals surface area contributed by atoms with Gasteiger partial charge in [0, 0.05) is 11.6 Å². The smallest absolute Gasteiger partial charge is 0.188 e. The monoisotopic (exact) mass is 301 g/mol. The molecule has 2 rings (SSSR count). The summed E-state index contributed by atoms with van der Waals surface area (Å²) in [6.45, 7) is 3.49. The molecule has 2 aromatic rings. The zero-order valence-electron chi connectivity index (χ0n) is 12.1. The Hall–Kier alpha value is -2.00. The average molecular weight is 302 g/mol. The summed E-state index contributed by atoms with van der Waals surface area (Å²) < 4.78 is 0. The molecule has 0 amide bonds. The molecular formula is C17H20ClN3. The van der Waals surface area contributed by atoms with Gasteiger partial charge in [0.15, 0.2) is 5.96 Å². The van der Waals surface area contributed by atoms with Crippen LogP contribution in [-0.2, 0) is 6.54 Å². The van der Waals surface area contributed by atoms with Crippen molar-refractivity contribution in [2.75, 3.05) is 6.54 Å². The van der Waals surface area contributed by atoms with Gasteiger partial charge in [0.2, 0.25) is 0 Å². The SMILES string of the molecule is CCCNC(N)=NCc1ccccc1-c1ccc(Cl)cc1. The van der Waals surface area contributed by atoms with Gasteiger partial charge in [-0.05, 0) is 35.2 Å². The normalized spacial score (nSPS) is 11.4. The lowest BCUT2D eigenvalue weighted by atomic mass is 10.00. The third-order valence-electron chi connectivity index (χ3n) is 3.15. The zero-order chi connectivity index (χ0) is 15.1. The second-order valence-electron chi connectivity index (χ2n) is 4.79. The van der Waals surface area contributed by atoms with Crippen LogP contribution >= 0.6 is 11.6 Å². The Morgan fingerprint density at radius 2 is 1.86 bits per heavy atom. The molecule has 4 heteroatoms. The Balaban J connectivity index is 2.19. The van der Waals surface area contributed by atoms with E-state index in [0.29, 0.717) is 12.5 Å². The molecule has 0 fully saturated rings. The molecule has 0 radical (unpaired) electrons. The van der Waals surface area contributed by atoms with Crippen LogP contribution < -0.4 is 11.1 Å². The van der Waals surface area contributed by atoms with Crippen molar-refractivity contribution in [3.63, 3.8) is 0 Å². The standard InChI is InChI=1S/C17H20ClN3/c1-2-11-20-17(19)21-12-14-5-3-4-6-16(14)13-7-9-15(18)10-8-13/h3-10H,2,11-12H2,1H3,(H3,19,20,21). The number of benzene rings is 2. The van der Waals surface area contributed by atoms with E-state index in [1.54, 1.807) is 0 Å². The van der Waals surface area contributed by atoms with Gasteiger partial charge in [0.1, 0.15) is 0 Å². The van der Waals surface area contributed by atoms with Crippen molar-refractivity contribution in [3.8, 4) is 11.1 Å².